The number of hydrogen-bond donors (Lipinski definition) is 1. The van der Waals surface area contributed by atoms with E-state index in [2.05, 4.69) is 5.32 Å². The van der Waals surface area contributed by atoms with E-state index >= 15 is 0 Å². The largest absolute Gasteiger partial charge is 0.316 e. The molecule has 17 heavy (non-hydrogen) atoms. The smallest absolute Gasteiger partial charge is 0.227 e. The molecule has 2 aliphatic rings. The lowest BCUT2D eigenvalue weighted by Gasteiger charge is -2.29. The summed E-state index contributed by atoms with van der Waals surface area (Å²) in [6.45, 7) is 2.51. The molecule has 1 saturated carbocycles. The van der Waals surface area contributed by atoms with E-state index in [4.69, 9.17) is 5.26 Å². The van der Waals surface area contributed by atoms with Crippen LogP contribution in [0.3, 0.4) is 0 Å². The van der Waals surface area contributed by atoms with E-state index in [1.807, 2.05) is 0 Å². The number of sulfonamides is 1. The number of nitriles is 1. The summed E-state index contributed by atoms with van der Waals surface area (Å²) in [5, 5.41) is 11.9. The molecule has 5 nitrogen and oxygen atoms in total. The highest BCUT2D eigenvalue weighted by atomic mass is 32.2. The third-order valence-corrected chi connectivity index (χ3v) is 5.05. The summed E-state index contributed by atoms with van der Waals surface area (Å²) in [5.74, 6) is 0.0155. The summed E-state index contributed by atoms with van der Waals surface area (Å²) in [5.41, 5.74) is 0. The second-order valence-electron chi connectivity index (χ2n) is 4.93. The maximum atomic E-state index is 12.0. The van der Waals surface area contributed by atoms with Gasteiger partial charge in [0.05, 0.1) is 6.07 Å². The first kappa shape index (κ1) is 12.8. The van der Waals surface area contributed by atoms with Crippen LogP contribution in [0.2, 0.25) is 0 Å². The zero-order valence-corrected chi connectivity index (χ0v) is 10.7. The molecule has 1 N–H and O–H groups in total. The quantitative estimate of drug-likeness (QED) is 0.769. The van der Waals surface area contributed by atoms with Crippen molar-refractivity contribution in [2.24, 2.45) is 5.92 Å². The lowest BCUT2D eigenvalue weighted by atomic mass is 10.00. The standard InChI is InChI=1S/C11H19N3O2S/c12-5-7-17(15,16)14(11-3-4-11)9-10-2-1-6-13-8-10/h10-11,13H,1-4,6-9H2. The molecule has 0 aromatic heterocycles. The van der Waals surface area contributed by atoms with Gasteiger partial charge in [-0.2, -0.15) is 9.57 Å². The Morgan fingerprint density at radius 3 is 2.65 bits per heavy atom. The van der Waals surface area contributed by atoms with Crippen LogP contribution < -0.4 is 5.32 Å². The Morgan fingerprint density at radius 1 is 1.35 bits per heavy atom. The van der Waals surface area contributed by atoms with Crippen LogP contribution in [0, 0.1) is 17.2 Å². The van der Waals surface area contributed by atoms with Crippen molar-refractivity contribution in [1.29, 1.82) is 5.26 Å². The van der Waals surface area contributed by atoms with Crippen LogP contribution in [0.5, 0.6) is 0 Å². The summed E-state index contributed by atoms with van der Waals surface area (Å²) in [7, 11) is -3.36. The number of nitrogens with one attached hydrogen (secondary N) is 1. The molecule has 0 aromatic rings. The fourth-order valence-electron chi connectivity index (χ4n) is 2.35. The molecule has 0 radical (unpaired) electrons. The first-order valence-electron chi connectivity index (χ1n) is 6.20. The molecule has 1 heterocycles. The Kier molecular flexibility index (Phi) is 4.02. The van der Waals surface area contributed by atoms with Crippen molar-refractivity contribution in [1.82, 2.24) is 9.62 Å². The van der Waals surface area contributed by atoms with Crippen LogP contribution in [0.15, 0.2) is 0 Å². The Hall–Kier alpha value is -0.640. The molecular weight excluding hydrogens is 238 g/mol. The average Bonchev–Trinajstić information content (AvgIpc) is 3.11. The number of rotatable bonds is 5. The molecule has 1 saturated heterocycles. The van der Waals surface area contributed by atoms with Gasteiger partial charge in [-0.1, -0.05) is 0 Å². The van der Waals surface area contributed by atoms with Gasteiger partial charge in [0.2, 0.25) is 10.0 Å². The molecule has 2 fully saturated rings. The molecule has 0 bridgehead atoms. The Morgan fingerprint density at radius 2 is 2.12 bits per heavy atom. The minimum absolute atomic E-state index is 0.162. The van der Waals surface area contributed by atoms with Crippen molar-refractivity contribution in [3.63, 3.8) is 0 Å². The summed E-state index contributed by atoms with van der Waals surface area (Å²) in [4.78, 5) is 0. The predicted octanol–water partition coefficient (Wildman–Crippen LogP) is 0.304. The number of hydrogen-bond acceptors (Lipinski definition) is 4. The van der Waals surface area contributed by atoms with Crippen molar-refractivity contribution in [3.8, 4) is 6.07 Å². The van der Waals surface area contributed by atoms with Gasteiger partial charge < -0.3 is 5.32 Å². The lowest BCUT2D eigenvalue weighted by Crippen LogP contribution is -2.42. The Labute approximate surface area is 103 Å². The van der Waals surface area contributed by atoms with Crippen molar-refractivity contribution in [3.05, 3.63) is 0 Å². The van der Waals surface area contributed by atoms with Gasteiger partial charge in [0.25, 0.3) is 0 Å². The monoisotopic (exact) mass is 257 g/mol. The van der Waals surface area contributed by atoms with Gasteiger partial charge >= 0.3 is 0 Å². The van der Waals surface area contributed by atoms with Crippen molar-refractivity contribution >= 4 is 10.0 Å². The molecule has 2 rings (SSSR count). The minimum atomic E-state index is -3.36. The van der Waals surface area contributed by atoms with E-state index < -0.39 is 10.0 Å². The molecule has 6 heteroatoms. The maximum absolute atomic E-state index is 12.0. The lowest BCUT2D eigenvalue weighted by molar-refractivity contribution is 0.287. The highest BCUT2D eigenvalue weighted by Gasteiger charge is 2.38. The molecule has 1 aliphatic heterocycles. The Balaban J connectivity index is 2.00. The topological polar surface area (TPSA) is 73.2 Å². The van der Waals surface area contributed by atoms with Crippen LogP contribution >= 0.6 is 0 Å². The van der Waals surface area contributed by atoms with Gasteiger partial charge in [-0.15, -0.1) is 0 Å². The first-order valence-corrected chi connectivity index (χ1v) is 7.81. The maximum Gasteiger partial charge on any atom is 0.227 e. The fourth-order valence-corrected chi connectivity index (χ4v) is 3.78. The highest BCUT2D eigenvalue weighted by molar-refractivity contribution is 7.89. The summed E-state index contributed by atoms with van der Waals surface area (Å²) < 4.78 is 25.5. The van der Waals surface area contributed by atoms with Gasteiger partial charge in [-0.3, -0.25) is 0 Å². The second kappa shape index (κ2) is 5.34. The van der Waals surface area contributed by atoms with E-state index in [-0.39, 0.29) is 11.8 Å². The summed E-state index contributed by atoms with van der Waals surface area (Å²) in [6, 6.07) is 1.93. The summed E-state index contributed by atoms with van der Waals surface area (Å²) >= 11 is 0. The number of nitrogens with zero attached hydrogens (tertiary/aromatic N) is 2. The van der Waals surface area contributed by atoms with Crippen LogP contribution in [0.25, 0.3) is 0 Å². The summed E-state index contributed by atoms with van der Waals surface area (Å²) in [6.07, 6.45) is 4.09. The normalized spacial score (nSPS) is 25.8. The highest BCUT2D eigenvalue weighted by Crippen LogP contribution is 2.31. The van der Waals surface area contributed by atoms with Gasteiger partial charge in [0, 0.05) is 12.6 Å². The number of piperidine rings is 1. The first-order chi connectivity index (χ1) is 8.13. The van der Waals surface area contributed by atoms with E-state index in [1.165, 1.54) is 0 Å². The van der Waals surface area contributed by atoms with E-state index in [9.17, 15) is 8.42 Å². The van der Waals surface area contributed by atoms with E-state index in [0.29, 0.717) is 12.5 Å². The SMILES string of the molecule is N#CCS(=O)(=O)N(CC1CCCNC1)C1CC1. The zero-order chi connectivity index (χ0) is 12.3. The molecule has 1 atom stereocenters. The van der Waals surface area contributed by atoms with Gasteiger partial charge in [-0.25, -0.2) is 8.42 Å². The zero-order valence-electron chi connectivity index (χ0n) is 9.93. The predicted molar refractivity (Wildman–Crippen MR) is 64.7 cm³/mol. The molecule has 0 amide bonds. The minimum Gasteiger partial charge on any atom is -0.316 e. The molecule has 1 aliphatic carbocycles. The van der Waals surface area contributed by atoms with E-state index in [0.717, 1.165) is 38.8 Å². The van der Waals surface area contributed by atoms with Crippen LogP contribution in [-0.4, -0.2) is 44.2 Å². The molecule has 1 unspecified atom stereocenters. The van der Waals surface area contributed by atoms with Crippen molar-refractivity contribution in [2.45, 2.75) is 31.7 Å². The molecule has 96 valence electrons. The second-order valence-corrected chi connectivity index (χ2v) is 6.85. The molecule has 0 spiro atoms. The van der Waals surface area contributed by atoms with Crippen molar-refractivity contribution < 1.29 is 8.42 Å². The van der Waals surface area contributed by atoms with Crippen molar-refractivity contribution in [2.75, 3.05) is 25.4 Å². The third-order valence-electron chi connectivity index (χ3n) is 3.40. The van der Waals surface area contributed by atoms with Crippen LogP contribution in [-0.2, 0) is 10.0 Å². The Bertz CT molecular complexity index is 391. The van der Waals surface area contributed by atoms with Crippen LogP contribution in [0.4, 0.5) is 0 Å². The van der Waals surface area contributed by atoms with Gasteiger partial charge in [0.15, 0.2) is 5.75 Å². The molecular formula is C11H19N3O2S. The van der Waals surface area contributed by atoms with E-state index in [1.54, 1.807) is 10.4 Å². The van der Waals surface area contributed by atoms with Gasteiger partial charge in [0.1, 0.15) is 0 Å². The van der Waals surface area contributed by atoms with Gasteiger partial charge in [-0.05, 0) is 44.7 Å². The third kappa shape index (κ3) is 3.41. The van der Waals surface area contributed by atoms with Crippen LogP contribution in [0.1, 0.15) is 25.7 Å². The molecule has 0 aromatic carbocycles. The fraction of sp³-hybridized carbons (Fsp3) is 0.909. The average molecular weight is 257 g/mol.